The van der Waals surface area contributed by atoms with Crippen molar-refractivity contribution in [3.8, 4) is 11.6 Å². The molecule has 2 aromatic carbocycles. The molecular weight excluding hydrogens is 390 g/mol. The Hall–Kier alpha value is -3.72. The van der Waals surface area contributed by atoms with Gasteiger partial charge in [-0.3, -0.25) is 15.2 Å². The van der Waals surface area contributed by atoms with E-state index in [1.54, 1.807) is 25.1 Å². The van der Waals surface area contributed by atoms with E-state index in [1.807, 2.05) is 36.4 Å². The van der Waals surface area contributed by atoms with Crippen molar-refractivity contribution in [3.05, 3.63) is 86.6 Å². The Morgan fingerprint density at radius 3 is 2.45 bits per heavy atom. The second-order valence-electron chi connectivity index (χ2n) is 6.21. The van der Waals surface area contributed by atoms with Crippen LogP contribution in [-0.2, 0) is 0 Å². The van der Waals surface area contributed by atoms with Gasteiger partial charge in [0.2, 0.25) is 5.88 Å². The first kappa shape index (κ1) is 20.0. The molecule has 0 radical (unpaired) electrons. The molecule has 0 aliphatic rings. The molecule has 0 unspecified atom stereocenters. The zero-order chi connectivity index (χ0) is 21.0. The van der Waals surface area contributed by atoms with E-state index < -0.39 is 17.1 Å². The highest BCUT2D eigenvalue weighted by Gasteiger charge is 2.19. The molecule has 0 amide bonds. The molecule has 0 atom stereocenters. The molecule has 0 bridgehead atoms. The third-order valence-corrected chi connectivity index (χ3v) is 4.35. The van der Waals surface area contributed by atoms with Gasteiger partial charge in [0.25, 0.3) is 5.56 Å². The van der Waals surface area contributed by atoms with E-state index in [0.717, 1.165) is 15.8 Å². The maximum Gasteiger partial charge on any atom is 0.335 e. The van der Waals surface area contributed by atoms with Gasteiger partial charge in [-0.15, -0.1) is 0 Å². The Bertz CT molecular complexity index is 1200. The minimum absolute atomic E-state index is 0.136. The first-order valence-corrected chi connectivity index (χ1v) is 9.10. The van der Waals surface area contributed by atoms with Crippen molar-refractivity contribution >= 4 is 28.7 Å². The van der Waals surface area contributed by atoms with Crippen LogP contribution in [0.15, 0.2) is 69.3 Å². The number of rotatable bonds is 4. The summed E-state index contributed by atoms with van der Waals surface area (Å²) in [5.74, 6) is -0.502. The van der Waals surface area contributed by atoms with Crippen molar-refractivity contribution < 1.29 is 5.11 Å². The summed E-state index contributed by atoms with van der Waals surface area (Å²) in [6.07, 6.45) is 0. The Kier molecular flexibility index (Phi) is 5.89. The van der Waals surface area contributed by atoms with Crippen LogP contribution in [0, 0.1) is 6.92 Å². The van der Waals surface area contributed by atoms with E-state index in [9.17, 15) is 14.7 Å². The summed E-state index contributed by atoms with van der Waals surface area (Å²) in [7, 11) is 0. The van der Waals surface area contributed by atoms with Crippen molar-refractivity contribution in [3.63, 3.8) is 0 Å². The predicted molar refractivity (Wildman–Crippen MR) is 117 cm³/mol. The molecule has 9 heteroatoms. The topological polar surface area (TPSA) is 112 Å². The number of hydrogen-bond acceptors (Lipinski definition) is 5. The molecule has 0 fully saturated rings. The van der Waals surface area contributed by atoms with Crippen LogP contribution in [0.5, 0.6) is 5.88 Å². The summed E-state index contributed by atoms with van der Waals surface area (Å²) in [5.41, 5.74) is 3.13. The lowest BCUT2D eigenvalue weighted by molar-refractivity contribution is 0.429. The van der Waals surface area contributed by atoms with Crippen LogP contribution in [0.1, 0.15) is 18.1 Å². The quantitative estimate of drug-likeness (QED) is 0.299. The summed E-state index contributed by atoms with van der Waals surface area (Å²) < 4.78 is 1.03. The minimum atomic E-state index is -0.748. The van der Waals surface area contributed by atoms with Crippen LogP contribution in [-0.4, -0.2) is 25.5 Å². The maximum atomic E-state index is 12.3. The second kappa shape index (κ2) is 8.53. The SMILES string of the molecule is C/C(=N\NC(=S)Nc1ccccc1)c1c(O)n(-c2ccccc2C)c(=O)[nH]c1=O. The number of nitrogens with one attached hydrogen (secondary N) is 3. The van der Waals surface area contributed by atoms with Crippen LogP contribution in [0.25, 0.3) is 5.69 Å². The number of benzene rings is 2. The molecule has 0 saturated heterocycles. The highest BCUT2D eigenvalue weighted by molar-refractivity contribution is 7.80. The van der Waals surface area contributed by atoms with Gasteiger partial charge in [0.05, 0.1) is 11.4 Å². The number of aromatic hydroxyl groups is 1. The number of aromatic nitrogens is 2. The fraction of sp³-hybridized carbons (Fsp3) is 0.100. The normalized spacial score (nSPS) is 11.2. The Labute approximate surface area is 171 Å². The minimum Gasteiger partial charge on any atom is -0.493 e. The van der Waals surface area contributed by atoms with Gasteiger partial charge < -0.3 is 10.4 Å². The van der Waals surface area contributed by atoms with Crippen LogP contribution >= 0.6 is 12.2 Å². The van der Waals surface area contributed by atoms with Gasteiger partial charge in [-0.1, -0.05) is 36.4 Å². The van der Waals surface area contributed by atoms with Crippen LogP contribution in [0.2, 0.25) is 0 Å². The van der Waals surface area contributed by atoms with Crippen LogP contribution < -0.4 is 22.0 Å². The summed E-state index contributed by atoms with van der Waals surface area (Å²) in [6.45, 7) is 3.32. The molecule has 148 valence electrons. The smallest absolute Gasteiger partial charge is 0.335 e. The zero-order valence-electron chi connectivity index (χ0n) is 15.8. The molecule has 29 heavy (non-hydrogen) atoms. The van der Waals surface area contributed by atoms with E-state index in [2.05, 4.69) is 20.8 Å². The number of hydrazone groups is 1. The average Bonchev–Trinajstić information content (AvgIpc) is 2.68. The maximum absolute atomic E-state index is 12.3. The molecule has 0 aliphatic heterocycles. The summed E-state index contributed by atoms with van der Waals surface area (Å²) >= 11 is 5.18. The van der Waals surface area contributed by atoms with Crippen molar-refractivity contribution in [2.75, 3.05) is 5.32 Å². The molecule has 3 rings (SSSR count). The molecule has 8 nitrogen and oxygen atoms in total. The Morgan fingerprint density at radius 2 is 1.76 bits per heavy atom. The van der Waals surface area contributed by atoms with Crippen molar-refractivity contribution in [2.24, 2.45) is 5.10 Å². The predicted octanol–water partition coefficient (Wildman–Crippen LogP) is 2.25. The van der Waals surface area contributed by atoms with Crippen molar-refractivity contribution in [2.45, 2.75) is 13.8 Å². The number of thiocarbonyl (C=S) groups is 1. The van der Waals surface area contributed by atoms with E-state index in [0.29, 0.717) is 5.69 Å². The summed E-state index contributed by atoms with van der Waals surface area (Å²) in [5, 5.41) is 17.9. The number of nitrogens with zero attached hydrogens (tertiary/aromatic N) is 2. The fourth-order valence-electron chi connectivity index (χ4n) is 2.76. The molecule has 1 aromatic heterocycles. The van der Waals surface area contributed by atoms with E-state index in [4.69, 9.17) is 12.2 Å². The number of aromatic amines is 1. The van der Waals surface area contributed by atoms with Gasteiger partial charge in [-0.2, -0.15) is 5.10 Å². The van der Waals surface area contributed by atoms with Gasteiger partial charge in [0, 0.05) is 5.69 Å². The molecule has 0 saturated carbocycles. The number of H-pyrrole nitrogens is 1. The van der Waals surface area contributed by atoms with E-state index >= 15 is 0 Å². The van der Waals surface area contributed by atoms with Crippen molar-refractivity contribution in [1.29, 1.82) is 0 Å². The van der Waals surface area contributed by atoms with Gasteiger partial charge in [-0.05, 0) is 49.8 Å². The van der Waals surface area contributed by atoms with Crippen molar-refractivity contribution in [1.82, 2.24) is 15.0 Å². The summed E-state index contributed by atoms with van der Waals surface area (Å²) in [6, 6.07) is 16.3. The zero-order valence-corrected chi connectivity index (χ0v) is 16.6. The largest absolute Gasteiger partial charge is 0.493 e. The van der Waals surface area contributed by atoms with E-state index in [-0.39, 0.29) is 16.4 Å². The van der Waals surface area contributed by atoms with Crippen LogP contribution in [0.4, 0.5) is 5.69 Å². The lowest BCUT2D eigenvalue weighted by Crippen LogP contribution is -2.34. The fourth-order valence-corrected chi connectivity index (χ4v) is 2.92. The van der Waals surface area contributed by atoms with Gasteiger partial charge in [-0.25, -0.2) is 9.36 Å². The highest BCUT2D eigenvalue weighted by atomic mass is 32.1. The molecular formula is C20H19N5O3S. The number of aryl methyl sites for hydroxylation is 1. The summed E-state index contributed by atoms with van der Waals surface area (Å²) in [4.78, 5) is 26.9. The number of anilines is 1. The number of hydrogen-bond donors (Lipinski definition) is 4. The average molecular weight is 409 g/mol. The Balaban J connectivity index is 1.94. The lowest BCUT2D eigenvalue weighted by Gasteiger charge is -2.13. The van der Waals surface area contributed by atoms with Crippen LogP contribution in [0.3, 0.4) is 0 Å². The lowest BCUT2D eigenvalue weighted by atomic mass is 10.1. The molecule has 0 aliphatic carbocycles. The second-order valence-corrected chi connectivity index (χ2v) is 6.62. The van der Waals surface area contributed by atoms with Gasteiger partial charge >= 0.3 is 5.69 Å². The molecule has 0 spiro atoms. The molecule has 4 N–H and O–H groups in total. The standard InChI is InChI=1S/C20H19N5O3S/c1-12-8-6-7-11-15(12)25-18(27)16(17(26)22-20(25)28)13(2)23-24-19(29)21-14-9-4-3-5-10-14/h3-11,27H,1-2H3,(H2,21,24,29)(H,22,26,28)/b23-13+. The Morgan fingerprint density at radius 1 is 1.10 bits per heavy atom. The molecule has 1 heterocycles. The highest BCUT2D eigenvalue weighted by Crippen LogP contribution is 2.19. The molecule has 3 aromatic rings. The van der Waals surface area contributed by atoms with Gasteiger partial charge in [0.15, 0.2) is 5.11 Å². The number of para-hydroxylation sites is 2. The first-order valence-electron chi connectivity index (χ1n) is 8.69. The monoisotopic (exact) mass is 409 g/mol. The third-order valence-electron chi connectivity index (χ3n) is 4.16. The first-order chi connectivity index (χ1) is 13.9. The third kappa shape index (κ3) is 4.41. The van der Waals surface area contributed by atoms with E-state index in [1.165, 1.54) is 6.92 Å². The van der Waals surface area contributed by atoms with Gasteiger partial charge in [0.1, 0.15) is 5.56 Å².